The predicted molar refractivity (Wildman–Crippen MR) is 80.9 cm³/mol. The zero-order valence-corrected chi connectivity index (χ0v) is 12.3. The number of hydrogen-bond acceptors (Lipinski definition) is 5. The summed E-state index contributed by atoms with van der Waals surface area (Å²) in [6, 6.07) is 5.16. The van der Waals surface area contributed by atoms with Crippen LogP contribution in [0.15, 0.2) is 18.2 Å². The van der Waals surface area contributed by atoms with Crippen LogP contribution in [-0.4, -0.2) is 31.3 Å². The van der Waals surface area contributed by atoms with Crippen molar-refractivity contribution in [2.75, 3.05) is 31.7 Å². The van der Waals surface area contributed by atoms with Crippen LogP contribution < -0.4 is 10.1 Å². The Morgan fingerprint density at radius 2 is 2.19 bits per heavy atom. The fraction of sp³-hybridized carbons (Fsp3) is 0.600. The van der Waals surface area contributed by atoms with Crippen LogP contribution in [0.5, 0.6) is 5.75 Å². The van der Waals surface area contributed by atoms with E-state index in [1.54, 1.807) is 18.2 Å². The second kappa shape index (κ2) is 7.83. The molecule has 0 bridgehead atoms. The summed E-state index contributed by atoms with van der Waals surface area (Å²) in [4.78, 5) is 10.9. The van der Waals surface area contributed by atoms with E-state index in [2.05, 4.69) is 5.32 Å². The molecule has 0 amide bonds. The predicted octanol–water partition coefficient (Wildman–Crippen LogP) is 3.22. The Hall–Kier alpha value is -1.82. The molecule has 0 aliphatic carbocycles. The topological polar surface area (TPSA) is 73.6 Å². The van der Waals surface area contributed by atoms with Crippen LogP contribution >= 0.6 is 0 Å². The summed E-state index contributed by atoms with van der Waals surface area (Å²) in [5, 5.41) is 14.4. The fourth-order valence-corrected chi connectivity index (χ4v) is 2.35. The number of rotatable bonds is 7. The molecule has 116 valence electrons. The van der Waals surface area contributed by atoms with Gasteiger partial charge in [0, 0.05) is 19.8 Å². The lowest BCUT2D eigenvalue weighted by molar-refractivity contribution is -0.385. The van der Waals surface area contributed by atoms with Gasteiger partial charge in [-0.2, -0.15) is 0 Å². The summed E-state index contributed by atoms with van der Waals surface area (Å²) in [5.74, 6) is 0.748. The highest BCUT2D eigenvalue weighted by molar-refractivity contribution is 5.68. The first-order valence-electron chi connectivity index (χ1n) is 7.44. The quantitative estimate of drug-likeness (QED) is 0.617. The third-order valence-electron chi connectivity index (χ3n) is 3.56. The van der Waals surface area contributed by atoms with E-state index in [0.29, 0.717) is 30.5 Å². The first-order chi connectivity index (χ1) is 10.2. The second-order valence-electron chi connectivity index (χ2n) is 5.20. The Balaban J connectivity index is 2.07. The van der Waals surface area contributed by atoms with Crippen molar-refractivity contribution in [2.24, 2.45) is 5.92 Å². The number of nitro benzene ring substituents is 1. The van der Waals surface area contributed by atoms with Gasteiger partial charge in [0.05, 0.1) is 11.5 Å². The largest absolute Gasteiger partial charge is 0.486 e. The van der Waals surface area contributed by atoms with Gasteiger partial charge in [-0.05, 0) is 37.3 Å². The standard InChI is InChI=1S/C15H22N2O4/c1-2-8-16-13-4-3-5-14(15(13)17(18)19)21-11-12-6-9-20-10-7-12/h3-5,12,16H,2,6-11H2,1H3. The average molecular weight is 294 g/mol. The molecule has 0 spiro atoms. The average Bonchev–Trinajstić information content (AvgIpc) is 2.51. The summed E-state index contributed by atoms with van der Waals surface area (Å²) < 4.78 is 11.0. The molecule has 1 saturated heterocycles. The highest BCUT2D eigenvalue weighted by Crippen LogP contribution is 2.35. The minimum absolute atomic E-state index is 0.0259. The minimum atomic E-state index is -0.378. The molecule has 21 heavy (non-hydrogen) atoms. The number of ether oxygens (including phenoxy) is 2. The number of nitro groups is 1. The van der Waals surface area contributed by atoms with Gasteiger partial charge in [-0.3, -0.25) is 10.1 Å². The summed E-state index contributed by atoms with van der Waals surface area (Å²) >= 11 is 0. The van der Waals surface area contributed by atoms with Crippen LogP contribution in [0.1, 0.15) is 26.2 Å². The summed E-state index contributed by atoms with van der Waals surface area (Å²) in [6.45, 7) is 4.71. The van der Waals surface area contributed by atoms with Crippen molar-refractivity contribution in [1.29, 1.82) is 0 Å². The summed E-state index contributed by atoms with van der Waals surface area (Å²) in [5.41, 5.74) is 0.546. The van der Waals surface area contributed by atoms with E-state index in [1.165, 1.54) is 0 Å². The van der Waals surface area contributed by atoms with E-state index in [9.17, 15) is 10.1 Å². The number of hydrogen-bond donors (Lipinski definition) is 1. The highest BCUT2D eigenvalue weighted by atomic mass is 16.6. The number of para-hydroxylation sites is 1. The molecule has 0 atom stereocenters. The molecule has 0 aromatic heterocycles. The Morgan fingerprint density at radius 3 is 2.86 bits per heavy atom. The van der Waals surface area contributed by atoms with Crippen LogP contribution in [0.4, 0.5) is 11.4 Å². The minimum Gasteiger partial charge on any atom is -0.486 e. The van der Waals surface area contributed by atoms with Crippen molar-refractivity contribution in [2.45, 2.75) is 26.2 Å². The molecule has 1 N–H and O–H groups in total. The Labute approximate surface area is 124 Å². The zero-order valence-electron chi connectivity index (χ0n) is 12.3. The zero-order chi connectivity index (χ0) is 15.1. The lowest BCUT2D eigenvalue weighted by atomic mass is 10.0. The number of nitrogens with zero attached hydrogens (tertiary/aromatic N) is 1. The molecule has 1 heterocycles. The number of anilines is 1. The van der Waals surface area contributed by atoms with Crippen LogP contribution in [0.25, 0.3) is 0 Å². The Bertz CT molecular complexity index is 473. The molecule has 1 aromatic carbocycles. The van der Waals surface area contributed by atoms with Gasteiger partial charge in [-0.15, -0.1) is 0 Å². The molecule has 1 aromatic rings. The Kier molecular flexibility index (Phi) is 5.80. The summed E-state index contributed by atoms with van der Waals surface area (Å²) in [7, 11) is 0. The molecule has 1 aliphatic rings. The summed E-state index contributed by atoms with van der Waals surface area (Å²) in [6.07, 6.45) is 2.80. The van der Waals surface area contributed by atoms with E-state index in [0.717, 1.165) is 32.5 Å². The molecule has 6 heteroatoms. The van der Waals surface area contributed by atoms with Crippen molar-refractivity contribution in [3.8, 4) is 5.75 Å². The van der Waals surface area contributed by atoms with Gasteiger partial charge in [0.15, 0.2) is 5.75 Å². The van der Waals surface area contributed by atoms with Crippen LogP contribution in [0.3, 0.4) is 0 Å². The van der Waals surface area contributed by atoms with E-state index >= 15 is 0 Å². The third kappa shape index (κ3) is 4.32. The van der Waals surface area contributed by atoms with Gasteiger partial charge in [-0.25, -0.2) is 0 Å². The number of benzene rings is 1. The maximum absolute atomic E-state index is 11.3. The second-order valence-corrected chi connectivity index (χ2v) is 5.20. The third-order valence-corrected chi connectivity index (χ3v) is 3.56. The van der Waals surface area contributed by atoms with Crippen LogP contribution in [0.2, 0.25) is 0 Å². The maximum Gasteiger partial charge on any atom is 0.333 e. The van der Waals surface area contributed by atoms with Crippen LogP contribution in [-0.2, 0) is 4.74 Å². The lowest BCUT2D eigenvalue weighted by Gasteiger charge is -2.22. The van der Waals surface area contributed by atoms with Crippen molar-refractivity contribution in [1.82, 2.24) is 0 Å². The first-order valence-corrected chi connectivity index (χ1v) is 7.44. The molecular weight excluding hydrogens is 272 g/mol. The van der Waals surface area contributed by atoms with Crippen LogP contribution in [0, 0.1) is 16.0 Å². The van der Waals surface area contributed by atoms with Gasteiger partial charge in [0.2, 0.25) is 0 Å². The van der Waals surface area contributed by atoms with Crippen molar-refractivity contribution in [3.05, 3.63) is 28.3 Å². The number of nitrogens with one attached hydrogen (secondary N) is 1. The molecule has 2 rings (SSSR count). The molecule has 0 saturated carbocycles. The smallest absolute Gasteiger partial charge is 0.333 e. The fourth-order valence-electron chi connectivity index (χ4n) is 2.35. The van der Waals surface area contributed by atoms with E-state index in [4.69, 9.17) is 9.47 Å². The van der Waals surface area contributed by atoms with E-state index < -0.39 is 0 Å². The molecule has 0 radical (unpaired) electrons. The van der Waals surface area contributed by atoms with E-state index in [1.807, 2.05) is 6.92 Å². The molecule has 1 aliphatic heterocycles. The van der Waals surface area contributed by atoms with Crippen molar-refractivity contribution in [3.63, 3.8) is 0 Å². The normalized spacial score (nSPS) is 15.7. The van der Waals surface area contributed by atoms with Crippen molar-refractivity contribution < 1.29 is 14.4 Å². The molecule has 6 nitrogen and oxygen atoms in total. The first kappa shape index (κ1) is 15.6. The SMILES string of the molecule is CCCNc1cccc(OCC2CCOCC2)c1[N+](=O)[O-]. The maximum atomic E-state index is 11.3. The molecule has 0 unspecified atom stereocenters. The lowest BCUT2D eigenvalue weighted by Crippen LogP contribution is -2.21. The van der Waals surface area contributed by atoms with Gasteiger partial charge >= 0.3 is 5.69 Å². The molecular formula is C15H22N2O4. The highest BCUT2D eigenvalue weighted by Gasteiger charge is 2.22. The van der Waals surface area contributed by atoms with E-state index in [-0.39, 0.29) is 10.6 Å². The van der Waals surface area contributed by atoms with Crippen molar-refractivity contribution >= 4 is 11.4 Å². The van der Waals surface area contributed by atoms with Gasteiger partial charge in [0.1, 0.15) is 5.69 Å². The van der Waals surface area contributed by atoms with Gasteiger partial charge in [0.25, 0.3) is 0 Å². The monoisotopic (exact) mass is 294 g/mol. The molecule has 1 fully saturated rings. The Morgan fingerprint density at radius 1 is 1.43 bits per heavy atom. The van der Waals surface area contributed by atoms with Gasteiger partial charge in [-0.1, -0.05) is 13.0 Å². The van der Waals surface area contributed by atoms with Gasteiger partial charge < -0.3 is 14.8 Å².